The van der Waals surface area contributed by atoms with Crippen molar-refractivity contribution in [3.8, 4) is 5.75 Å². The van der Waals surface area contributed by atoms with Crippen molar-refractivity contribution in [1.82, 2.24) is 9.55 Å². The maximum Gasteiger partial charge on any atom is 0.573 e. The van der Waals surface area contributed by atoms with Crippen LogP contribution in [0.15, 0.2) is 71.0 Å². The normalized spacial score (nSPS) is 11.3. The first-order chi connectivity index (χ1) is 13.3. The molecule has 0 aliphatic heterocycles. The van der Waals surface area contributed by atoms with Crippen LogP contribution in [0.2, 0.25) is 0 Å². The van der Waals surface area contributed by atoms with Gasteiger partial charge in [-0.25, -0.2) is 4.98 Å². The number of para-hydroxylation sites is 1. The van der Waals surface area contributed by atoms with E-state index in [9.17, 15) is 18.0 Å². The molecule has 0 unspecified atom stereocenters. The van der Waals surface area contributed by atoms with Gasteiger partial charge in [0, 0.05) is 24.3 Å². The highest BCUT2D eigenvalue weighted by Gasteiger charge is 2.30. The number of hydrogen-bond donors (Lipinski definition) is 1. The Morgan fingerprint density at radius 1 is 1.18 bits per heavy atom. The van der Waals surface area contributed by atoms with E-state index in [0.717, 1.165) is 10.1 Å². The van der Waals surface area contributed by atoms with E-state index in [1.165, 1.54) is 36.0 Å². The zero-order chi connectivity index (χ0) is 20.1. The molecule has 0 aliphatic carbocycles. The lowest BCUT2D eigenvalue weighted by Gasteiger charge is -2.11. The maximum absolute atomic E-state index is 12.4. The van der Waals surface area contributed by atoms with Gasteiger partial charge in [0.2, 0.25) is 5.91 Å². The summed E-state index contributed by atoms with van der Waals surface area (Å²) in [6, 6.07) is 12.5. The van der Waals surface area contributed by atoms with Crippen molar-refractivity contribution in [2.24, 2.45) is 7.05 Å². The molecule has 0 atom stereocenters. The van der Waals surface area contributed by atoms with Gasteiger partial charge in [0.1, 0.15) is 5.75 Å². The summed E-state index contributed by atoms with van der Waals surface area (Å²) in [4.78, 5) is 17.5. The smallest absolute Gasteiger partial charge is 0.406 e. The number of halogens is 3. The Labute approximate surface area is 163 Å². The van der Waals surface area contributed by atoms with Crippen molar-refractivity contribution in [2.75, 3.05) is 5.32 Å². The number of aryl methyl sites for hydroxylation is 1. The molecule has 28 heavy (non-hydrogen) atoms. The summed E-state index contributed by atoms with van der Waals surface area (Å²) in [5.41, 5.74) is 1.21. The van der Waals surface area contributed by atoms with E-state index in [1.54, 1.807) is 18.3 Å². The first kappa shape index (κ1) is 19.8. The van der Waals surface area contributed by atoms with E-state index in [0.29, 0.717) is 11.3 Å². The van der Waals surface area contributed by atoms with Gasteiger partial charge >= 0.3 is 6.36 Å². The zero-order valence-electron chi connectivity index (χ0n) is 14.7. The van der Waals surface area contributed by atoms with Crippen LogP contribution in [0.5, 0.6) is 5.75 Å². The molecule has 1 heterocycles. The van der Waals surface area contributed by atoms with E-state index in [2.05, 4.69) is 15.0 Å². The van der Waals surface area contributed by atoms with E-state index in [-0.39, 0.29) is 18.1 Å². The predicted octanol–water partition coefficient (Wildman–Crippen LogP) is 4.65. The molecule has 9 heteroatoms. The van der Waals surface area contributed by atoms with E-state index in [4.69, 9.17) is 0 Å². The molecule has 146 valence electrons. The Bertz CT molecular complexity index is 956. The molecule has 1 aromatic heterocycles. The molecule has 0 spiro atoms. The van der Waals surface area contributed by atoms with Crippen LogP contribution in [-0.4, -0.2) is 21.8 Å². The molecular formula is C19H16F3N3O2S. The monoisotopic (exact) mass is 407 g/mol. The fraction of sp³-hybridized carbons (Fsp3) is 0.158. The van der Waals surface area contributed by atoms with Crippen LogP contribution in [0.1, 0.15) is 5.56 Å². The number of alkyl halides is 3. The molecule has 0 radical (unpaired) electrons. The third-order valence-electron chi connectivity index (χ3n) is 3.66. The number of rotatable bonds is 6. The Morgan fingerprint density at radius 3 is 2.54 bits per heavy atom. The summed E-state index contributed by atoms with van der Waals surface area (Å²) in [7, 11) is 1.88. The number of aromatic nitrogens is 2. The average molecular weight is 407 g/mol. The number of amides is 1. The molecule has 1 amide bonds. The molecule has 0 saturated heterocycles. The summed E-state index contributed by atoms with van der Waals surface area (Å²) < 4.78 is 42.3. The third-order valence-corrected chi connectivity index (χ3v) is 4.81. The van der Waals surface area contributed by atoms with Gasteiger partial charge in [-0.05, 0) is 41.6 Å². The highest BCUT2D eigenvalue weighted by Crippen LogP contribution is 2.32. The number of carbonyl (C=O) groups is 1. The second kappa shape index (κ2) is 8.39. The summed E-state index contributed by atoms with van der Waals surface area (Å²) in [5, 5.41) is 3.62. The average Bonchev–Trinajstić information content (AvgIpc) is 3.02. The minimum Gasteiger partial charge on any atom is -0.406 e. The van der Waals surface area contributed by atoms with Crippen molar-refractivity contribution in [1.29, 1.82) is 0 Å². The minimum absolute atomic E-state index is 0.0215. The van der Waals surface area contributed by atoms with Crippen LogP contribution in [0.3, 0.4) is 0 Å². The van der Waals surface area contributed by atoms with Crippen LogP contribution in [0.4, 0.5) is 18.9 Å². The SMILES string of the molecule is Cn1ccnc1Sc1ccccc1NC(=O)Cc1ccc(OC(F)(F)F)cc1. The van der Waals surface area contributed by atoms with Gasteiger partial charge in [-0.3, -0.25) is 4.79 Å². The Morgan fingerprint density at radius 2 is 1.89 bits per heavy atom. The predicted molar refractivity (Wildman–Crippen MR) is 99.2 cm³/mol. The van der Waals surface area contributed by atoms with Crippen LogP contribution in [0, 0.1) is 0 Å². The maximum atomic E-state index is 12.4. The Kier molecular flexibility index (Phi) is 5.93. The molecule has 3 aromatic rings. The first-order valence-corrected chi connectivity index (χ1v) is 9.00. The summed E-state index contributed by atoms with van der Waals surface area (Å²) >= 11 is 1.42. The molecule has 0 fully saturated rings. The lowest BCUT2D eigenvalue weighted by Crippen LogP contribution is -2.17. The standard InChI is InChI=1S/C19H16F3N3O2S/c1-25-11-10-23-18(25)28-16-5-3-2-4-15(16)24-17(26)12-13-6-8-14(9-7-13)27-19(20,21)22/h2-11H,12H2,1H3,(H,24,26). The summed E-state index contributed by atoms with van der Waals surface area (Å²) in [6.45, 7) is 0. The molecule has 0 aliphatic rings. The highest BCUT2D eigenvalue weighted by molar-refractivity contribution is 7.99. The quantitative estimate of drug-likeness (QED) is 0.646. The molecular weight excluding hydrogens is 391 g/mol. The van der Waals surface area contributed by atoms with E-state index < -0.39 is 6.36 Å². The van der Waals surface area contributed by atoms with Crippen LogP contribution < -0.4 is 10.1 Å². The second-order valence-corrected chi connectivity index (χ2v) is 6.84. The van der Waals surface area contributed by atoms with Gasteiger partial charge < -0.3 is 14.6 Å². The van der Waals surface area contributed by atoms with Gasteiger partial charge in [-0.1, -0.05) is 24.3 Å². The van der Waals surface area contributed by atoms with Gasteiger partial charge in [0.25, 0.3) is 0 Å². The number of benzene rings is 2. The fourth-order valence-electron chi connectivity index (χ4n) is 2.40. The fourth-order valence-corrected chi connectivity index (χ4v) is 3.29. The molecule has 2 aromatic carbocycles. The van der Waals surface area contributed by atoms with Crippen molar-refractivity contribution < 1.29 is 22.7 Å². The summed E-state index contributed by atoms with van der Waals surface area (Å²) in [6.07, 6.45) is -1.20. The molecule has 1 N–H and O–H groups in total. The van der Waals surface area contributed by atoms with Crippen molar-refractivity contribution in [3.05, 3.63) is 66.5 Å². The van der Waals surface area contributed by atoms with Crippen molar-refractivity contribution >= 4 is 23.4 Å². The first-order valence-electron chi connectivity index (χ1n) is 8.19. The van der Waals surface area contributed by atoms with Crippen LogP contribution in [-0.2, 0) is 18.3 Å². The largest absolute Gasteiger partial charge is 0.573 e. The number of carbonyl (C=O) groups excluding carboxylic acids is 1. The zero-order valence-corrected chi connectivity index (χ0v) is 15.6. The van der Waals surface area contributed by atoms with E-state index in [1.807, 2.05) is 29.9 Å². The van der Waals surface area contributed by atoms with Gasteiger partial charge in [0.15, 0.2) is 5.16 Å². The lowest BCUT2D eigenvalue weighted by molar-refractivity contribution is -0.274. The Balaban J connectivity index is 1.64. The van der Waals surface area contributed by atoms with Crippen LogP contribution in [0.25, 0.3) is 0 Å². The van der Waals surface area contributed by atoms with Gasteiger partial charge in [-0.2, -0.15) is 0 Å². The number of ether oxygens (including phenoxy) is 1. The Hall–Kier alpha value is -2.94. The molecule has 0 saturated carbocycles. The van der Waals surface area contributed by atoms with Crippen LogP contribution >= 0.6 is 11.8 Å². The lowest BCUT2D eigenvalue weighted by atomic mass is 10.1. The summed E-state index contributed by atoms with van der Waals surface area (Å²) in [5.74, 6) is -0.606. The van der Waals surface area contributed by atoms with Crippen molar-refractivity contribution in [2.45, 2.75) is 22.8 Å². The molecule has 5 nitrogen and oxygen atoms in total. The minimum atomic E-state index is -4.74. The number of imidazole rings is 1. The molecule has 3 rings (SSSR count). The van der Waals surface area contributed by atoms with Crippen molar-refractivity contribution in [3.63, 3.8) is 0 Å². The van der Waals surface area contributed by atoms with Gasteiger partial charge in [0.05, 0.1) is 12.1 Å². The van der Waals surface area contributed by atoms with E-state index >= 15 is 0 Å². The second-order valence-electron chi connectivity index (χ2n) is 5.84. The highest BCUT2D eigenvalue weighted by atomic mass is 32.2. The number of nitrogens with zero attached hydrogens (tertiary/aromatic N) is 2. The topological polar surface area (TPSA) is 56.2 Å². The molecule has 0 bridgehead atoms. The number of nitrogens with one attached hydrogen (secondary N) is 1. The third kappa shape index (κ3) is 5.53. The van der Waals surface area contributed by atoms with Gasteiger partial charge in [-0.15, -0.1) is 13.2 Å². The number of hydrogen-bond acceptors (Lipinski definition) is 4. The number of anilines is 1.